The number of para-hydroxylation sites is 1. The Morgan fingerprint density at radius 1 is 1.12 bits per heavy atom. The highest BCUT2D eigenvalue weighted by molar-refractivity contribution is 5.97. The van der Waals surface area contributed by atoms with Gasteiger partial charge < -0.3 is 14.5 Å². The third-order valence-corrected chi connectivity index (χ3v) is 6.28. The molecule has 0 radical (unpaired) electrons. The molecule has 7 nitrogen and oxygen atoms in total. The Kier molecular flexibility index (Phi) is 5.63. The molecule has 3 heterocycles. The van der Waals surface area contributed by atoms with E-state index in [9.17, 15) is 18.5 Å². The number of amides is 1. The fourth-order valence-electron chi connectivity index (χ4n) is 4.45. The van der Waals surface area contributed by atoms with Gasteiger partial charge in [0.15, 0.2) is 0 Å². The van der Waals surface area contributed by atoms with E-state index in [0.717, 1.165) is 10.9 Å². The summed E-state index contributed by atoms with van der Waals surface area (Å²) in [5.74, 6) is -1.09. The average Bonchev–Trinajstić information content (AvgIpc) is 3.27. The molecule has 170 valence electrons. The SMILES string of the molecule is O=C(c1cc2ccccc2[nH]1)N(F)C1CCN(CCn2c(=O)cnc3ccc(F)cc32)CC1. The smallest absolute Gasteiger partial charge is 0.298 e. The second-order valence-electron chi connectivity index (χ2n) is 8.34. The molecule has 1 N–H and O–H groups in total. The number of benzene rings is 2. The molecule has 1 saturated heterocycles. The van der Waals surface area contributed by atoms with Gasteiger partial charge in [0.05, 0.1) is 23.3 Å². The number of H-pyrrole nitrogens is 1. The number of hydrogen-bond acceptors (Lipinski definition) is 4. The van der Waals surface area contributed by atoms with Crippen LogP contribution in [0.25, 0.3) is 21.9 Å². The molecule has 2 aromatic carbocycles. The van der Waals surface area contributed by atoms with Gasteiger partial charge in [0.25, 0.3) is 11.5 Å². The Balaban J connectivity index is 1.20. The molecule has 1 fully saturated rings. The van der Waals surface area contributed by atoms with Crippen LogP contribution < -0.4 is 5.56 Å². The molecule has 33 heavy (non-hydrogen) atoms. The monoisotopic (exact) mass is 451 g/mol. The van der Waals surface area contributed by atoms with E-state index in [1.807, 2.05) is 24.3 Å². The topological polar surface area (TPSA) is 74.2 Å². The molecule has 0 bridgehead atoms. The summed E-state index contributed by atoms with van der Waals surface area (Å²) >= 11 is 0. The highest BCUT2D eigenvalue weighted by atomic mass is 19.2. The largest absolute Gasteiger partial charge is 0.350 e. The van der Waals surface area contributed by atoms with Gasteiger partial charge >= 0.3 is 0 Å². The molecule has 0 saturated carbocycles. The number of hydrogen-bond donors (Lipinski definition) is 1. The molecular formula is C24H23F2N5O2. The predicted octanol–water partition coefficient (Wildman–Crippen LogP) is 3.51. The first kappa shape index (κ1) is 21.3. The Labute approximate surface area is 188 Å². The number of likely N-dealkylation sites (tertiary alicyclic amines) is 1. The van der Waals surface area contributed by atoms with Gasteiger partial charge in [-0.15, -0.1) is 0 Å². The zero-order valence-corrected chi connectivity index (χ0v) is 17.9. The highest BCUT2D eigenvalue weighted by Gasteiger charge is 2.30. The lowest BCUT2D eigenvalue weighted by atomic mass is 10.0. The predicted molar refractivity (Wildman–Crippen MR) is 121 cm³/mol. The number of nitrogens with one attached hydrogen (secondary N) is 1. The van der Waals surface area contributed by atoms with Crippen molar-refractivity contribution >= 4 is 27.8 Å². The summed E-state index contributed by atoms with van der Waals surface area (Å²) in [5.41, 5.74) is 1.75. The van der Waals surface area contributed by atoms with Gasteiger partial charge in [0.2, 0.25) is 0 Å². The number of piperidine rings is 1. The van der Waals surface area contributed by atoms with Crippen LogP contribution in [0.4, 0.5) is 8.87 Å². The van der Waals surface area contributed by atoms with Crippen LogP contribution in [0.5, 0.6) is 0 Å². The van der Waals surface area contributed by atoms with Crippen LogP contribution in [0.3, 0.4) is 0 Å². The van der Waals surface area contributed by atoms with Gasteiger partial charge in [-0.05, 0) is 43.2 Å². The number of nitrogens with zero attached hydrogens (tertiary/aromatic N) is 4. The summed E-state index contributed by atoms with van der Waals surface area (Å²) < 4.78 is 30.1. The Morgan fingerprint density at radius 3 is 2.70 bits per heavy atom. The molecule has 1 amide bonds. The van der Waals surface area contributed by atoms with Gasteiger partial charge in [0.1, 0.15) is 11.5 Å². The van der Waals surface area contributed by atoms with Crippen molar-refractivity contribution in [3.63, 3.8) is 0 Å². The van der Waals surface area contributed by atoms with E-state index in [2.05, 4.69) is 14.9 Å². The number of aromatic amines is 1. The molecule has 0 aliphatic carbocycles. The third kappa shape index (κ3) is 4.23. The van der Waals surface area contributed by atoms with Crippen LogP contribution in [0.15, 0.2) is 59.5 Å². The highest BCUT2D eigenvalue weighted by Crippen LogP contribution is 2.22. The van der Waals surface area contributed by atoms with Crippen LogP contribution in [0, 0.1) is 5.82 Å². The summed E-state index contributed by atoms with van der Waals surface area (Å²) in [5, 5.41) is 1.20. The molecule has 4 aromatic rings. The maximum Gasteiger partial charge on any atom is 0.298 e. The standard InChI is InChI=1S/C24H23F2N5O2/c25-17-5-6-20-22(14-17)30(23(32)15-27-20)12-11-29-9-7-18(8-10-29)31(26)24(33)21-13-16-3-1-2-4-19(16)28-21/h1-6,13-15,18,28H,7-12H2. The second kappa shape index (κ2) is 8.74. The minimum atomic E-state index is -0.665. The fourth-order valence-corrected chi connectivity index (χ4v) is 4.45. The van der Waals surface area contributed by atoms with Gasteiger partial charge in [-0.25, -0.2) is 9.37 Å². The Morgan fingerprint density at radius 2 is 1.91 bits per heavy atom. The molecule has 0 unspecified atom stereocenters. The Bertz CT molecular complexity index is 1340. The number of carbonyl (C=O) groups is 1. The molecule has 9 heteroatoms. The number of carbonyl (C=O) groups excluding carboxylic acids is 1. The van der Waals surface area contributed by atoms with Crippen LogP contribution >= 0.6 is 0 Å². The summed E-state index contributed by atoms with van der Waals surface area (Å²) in [6.45, 7) is 2.12. The average molecular weight is 451 g/mol. The molecule has 1 aliphatic rings. The van der Waals surface area contributed by atoms with E-state index in [-0.39, 0.29) is 11.3 Å². The van der Waals surface area contributed by atoms with E-state index in [1.54, 1.807) is 12.1 Å². The van der Waals surface area contributed by atoms with Gasteiger partial charge in [0, 0.05) is 37.1 Å². The van der Waals surface area contributed by atoms with E-state index < -0.39 is 17.8 Å². The third-order valence-electron chi connectivity index (χ3n) is 6.28. The van der Waals surface area contributed by atoms with E-state index in [1.165, 1.54) is 22.9 Å². The van der Waals surface area contributed by atoms with Crippen molar-refractivity contribution in [1.82, 2.24) is 24.6 Å². The second-order valence-corrected chi connectivity index (χ2v) is 8.34. The van der Waals surface area contributed by atoms with Gasteiger partial charge in [-0.1, -0.05) is 22.7 Å². The van der Waals surface area contributed by atoms with Crippen molar-refractivity contribution in [3.05, 3.63) is 76.6 Å². The first-order chi connectivity index (χ1) is 16.0. The van der Waals surface area contributed by atoms with Crippen molar-refractivity contribution in [2.24, 2.45) is 0 Å². The maximum absolute atomic E-state index is 14.9. The van der Waals surface area contributed by atoms with Crippen molar-refractivity contribution in [2.45, 2.75) is 25.4 Å². The Hall–Kier alpha value is -3.59. The molecule has 1 aliphatic heterocycles. The minimum Gasteiger partial charge on any atom is -0.350 e. The number of halogens is 2. The summed E-state index contributed by atoms with van der Waals surface area (Å²) in [4.78, 5) is 34.1. The summed E-state index contributed by atoms with van der Waals surface area (Å²) in [7, 11) is 0. The molecule has 2 aromatic heterocycles. The first-order valence-electron chi connectivity index (χ1n) is 10.9. The van der Waals surface area contributed by atoms with Crippen molar-refractivity contribution in [1.29, 1.82) is 0 Å². The van der Waals surface area contributed by atoms with Crippen LogP contribution in [0.2, 0.25) is 0 Å². The van der Waals surface area contributed by atoms with E-state index in [0.29, 0.717) is 55.2 Å². The van der Waals surface area contributed by atoms with Crippen molar-refractivity contribution in [3.8, 4) is 0 Å². The van der Waals surface area contributed by atoms with Gasteiger partial charge in [-0.3, -0.25) is 9.59 Å². The lowest BCUT2D eigenvalue weighted by Gasteiger charge is -2.34. The first-order valence-corrected chi connectivity index (χ1v) is 10.9. The van der Waals surface area contributed by atoms with E-state index in [4.69, 9.17) is 0 Å². The van der Waals surface area contributed by atoms with Crippen LogP contribution in [-0.4, -0.2) is 56.1 Å². The summed E-state index contributed by atoms with van der Waals surface area (Å²) in [6.07, 6.45) is 2.22. The number of rotatable bonds is 5. The van der Waals surface area contributed by atoms with Crippen molar-refractivity contribution in [2.75, 3.05) is 19.6 Å². The van der Waals surface area contributed by atoms with Crippen LogP contribution in [-0.2, 0) is 6.54 Å². The quantitative estimate of drug-likeness (QED) is 0.472. The lowest BCUT2D eigenvalue weighted by molar-refractivity contribution is -0.0246. The molecule has 5 rings (SSSR count). The van der Waals surface area contributed by atoms with Crippen molar-refractivity contribution < 1.29 is 13.7 Å². The van der Waals surface area contributed by atoms with Crippen LogP contribution in [0.1, 0.15) is 23.3 Å². The van der Waals surface area contributed by atoms with E-state index >= 15 is 0 Å². The normalized spacial score (nSPS) is 15.3. The lowest BCUT2D eigenvalue weighted by Crippen LogP contribution is -2.45. The maximum atomic E-state index is 14.9. The molecule has 0 atom stereocenters. The zero-order chi connectivity index (χ0) is 22.9. The number of fused-ring (bicyclic) bond motifs is 2. The summed E-state index contributed by atoms with van der Waals surface area (Å²) in [6, 6.07) is 12.8. The number of aromatic nitrogens is 3. The zero-order valence-electron chi connectivity index (χ0n) is 17.9. The van der Waals surface area contributed by atoms with Gasteiger partial charge in [-0.2, -0.15) is 5.12 Å². The molecule has 0 spiro atoms. The minimum absolute atomic E-state index is 0.234. The fraction of sp³-hybridized carbons (Fsp3) is 0.292. The molecular weight excluding hydrogens is 428 g/mol.